The van der Waals surface area contributed by atoms with Gasteiger partial charge in [-0.25, -0.2) is 9.97 Å². The maximum absolute atomic E-state index is 5.59. The molecule has 2 heterocycles. The van der Waals surface area contributed by atoms with Crippen molar-refractivity contribution in [1.29, 1.82) is 0 Å². The van der Waals surface area contributed by atoms with E-state index in [4.69, 9.17) is 9.47 Å². The van der Waals surface area contributed by atoms with E-state index in [1.54, 1.807) is 13.4 Å². The second kappa shape index (κ2) is 6.16. The Bertz CT molecular complexity index is 419. The summed E-state index contributed by atoms with van der Waals surface area (Å²) in [6, 6.07) is 0. The Morgan fingerprint density at radius 3 is 2.68 bits per heavy atom. The minimum atomic E-state index is -0.240. The van der Waals surface area contributed by atoms with Crippen molar-refractivity contribution in [3.63, 3.8) is 0 Å². The molecular formula is C13H22N4O2. The molecule has 1 atom stereocenters. The van der Waals surface area contributed by atoms with Crippen LogP contribution in [0.4, 0.5) is 11.6 Å². The summed E-state index contributed by atoms with van der Waals surface area (Å²) < 4.78 is 11.0. The van der Waals surface area contributed by atoms with Crippen molar-refractivity contribution in [3.8, 4) is 0 Å². The van der Waals surface area contributed by atoms with E-state index >= 15 is 0 Å². The highest BCUT2D eigenvalue weighted by Crippen LogP contribution is 2.24. The van der Waals surface area contributed by atoms with E-state index in [0.717, 1.165) is 36.8 Å². The molecule has 6 nitrogen and oxygen atoms in total. The molecule has 1 aliphatic heterocycles. The second-order valence-corrected chi connectivity index (χ2v) is 4.77. The van der Waals surface area contributed by atoms with Crippen LogP contribution in [0.5, 0.6) is 0 Å². The van der Waals surface area contributed by atoms with E-state index in [2.05, 4.69) is 20.6 Å². The molecule has 2 N–H and O–H groups in total. The largest absolute Gasteiger partial charge is 0.378 e. The number of ether oxygens (including phenoxy) is 2. The smallest absolute Gasteiger partial charge is 0.134 e. The van der Waals surface area contributed by atoms with Gasteiger partial charge in [0.2, 0.25) is 0 Å². The molecule has 1 unspecified atom stereocenters. The van der Waals surface area contributed by atoms with Crippen LogP contribution in [0, 0.1) is 6.92 Å². The van der Waals surface area contributed by atoms with Crippen molar-refractivity contribution in [2.24, 2.45) is 0 Å². The van der Waals surface area contributed by atoms with Gasteiger partial charge in [0.05, 0.1) is 6.61 Å². The number of hydrogen-bond acceptors (Lipinski definition) is 6. The summed E-state index contributed by atoms with van der Waals surface area (Å²) in [5.41, 5.74) is 0.782. The maximum atomic E-state index is 5.59. The van der Waals surface area contributed by atoms with Crippen LogP contribution in [-0.2, 0) is 9.47 Å². The van der Waals surface area contributed by atoms with Crippen LogP contribution in [0.2, 0.25) is 0 Å². The highest BCUT2D eigenvalue weighted by molar-refractivity contribution is 5.56. The average molecular weight is 266 g/mol. The van der Waals surface area contributed by atoms with Gasteiger partial charge in [0.15, 0.2) is 0 Å². The Labute approximate surface area is 113 Å². The van der Waals surface area contributed by atoms with Crippen molar-refractivity contribution in [2.45, 2.75) is 25.9 Å². The van der Waals surface area contributed by atoms with Gasteiger partial charge in [-0.3, -0.25) is 0 Å². The zero-order valence-electron chi connectivity index (χ0n) is 11.8. The van der Waals surface area contributed by atoms with Crippen molar-refractivity contribution in [1.82, 2.24) is 9.97 Å². The van der Waals surface area contributed by atoms with Crippen LogP contribution in [0.15, 0.2) is 6.33 Å². The van der Waals surface area contributed by atoms with Crippen molar-refractivity contribution < 1.29 is 9.47 Å². The lowest BCUT2D eigenvalue weighted by atomic mass is 10.0. The summed E-state index contributed by atoms with van der Waals surface area (Å²) in [6.45, 7) is 6.96. The Balaban J connectivity index is 2.04. The van der Waals surface area contributed by atoms with Crippen LogP contribution in [0.1, 0.15) is 18.9 Å². The van der Waals surface area contributed by atoms with Crippen LogP contribution in [0.25, 0.3) is 0 Å². The van der Waals surface area contributed by atoms with Crippen molar-refractivity contribution in [2.75, 3.05) is 44.0 Å². The molecule has 1 fully saturated rings. The first kappa shape index (κ1) is 14.0. The van der Waals surface area contributed by atoms with E-state index in [9.17, 15) is 0 Å². The molecule has 106 valence electrons. The molecule has 1 aliphatic rings. The van der Waals surface area contributed by atoms with Gasteiger partial charge < -0.3 is 20.1 Å². The van der Waals surface area contributed by atoms with Gasteiger partial charge in [-0.2, -0.15) is 0 Å². The predicted molar refractivity (Wildman–Crippen MR) is 74.6 cm³/mol. The summed E-state index contributed by atoms with van der Waals surface area (Å²) in [5, 5.41) is 6.57. The predicted octanol–water partition coefficient (Wildman–Crippen LogP) is 1.43. The number of nitrogens with zero attached hydrogens (tertiary/aromatic N) is 2. The van der Waals surface area contributed by atoms with Crippen LogP contribution >= 0.6 is 0 Å². The Kier molecular flexibility index (Phi) is 4.55. The highest BCUT2D eigenvalue weighted by atomic mass is 16.5. The first-order chi connectivity index (χ1) is 9.21. The molecule has 2 rings (SSSR count). The van der Waals surface area contributed by atoms with Gasteiger partial charge >= 0.3 is 0 Å². The molecule has 6 heteroatoms. The van der Waals surface area contributed by atoms with Gasteiger partial charge in [-0.05, 0) is 13.8 Å². The number of anilines is 2. The van der Waals surface area contributed by atoms with Crippen molar-refractivity contribution in [3.05, 3.63) is 11.9 Å². The zero-order valence-corrected chi connectivity index (χ0v) is 11.8. The minimum absolute atomic E-state index is 0.240. The number of aromatic nitrogens is 2. The normalized spacial score (nSPS) is 22.5. The first-order valence-electron chi connectivity index (χ1n) is 6.63. The first-order valence-corrected chi connectivity index (χ1v) is 6.63. The summed E-state index contributed by atoms with van der Waals surface area (Å²) in [7, 11) is 1.73. The lowest BCUT2D eigenvalue weighted by Gasteiger charge is -2.26. The minimum Gasteiger partial charge on any atom is -0.378 e. The molecule has 19 heavy (non-hydrogen) atoms. The standard InChI is InChI=1S/C13H22N4O2/c1-4-14-11-10(2)12(17-9-16-11)15-7-13(18-3)5-6-19-8-13/h9H,4-8H2,1-3H3,(H2,14,15,16,17). The molecule has 0 radical (unpaired) electrons. The Morgan fingerprint density at radius 2 is 2.11 bits per heavy atom. The Morgan fingerprint density at radius 1 is 1.37 bits per heavy atom. The summed E-state index contributed by atoms with van der Waals surface area (Å²) >= 11 is 0. The third kappa shape index (κ3) is 3.13. The third-order valence-electron chi connectivity index (χ3n) is 3.51. The summed E-state index contributed by atoms with van der Waals surface area (Å²) in [5.74, 6) is 1.71. The van der Waals surface area contributed by atoms with Gasteiger partial charge in [0.25, 0.3) is 0 Å². The van der Waals surface area contributed by atoms with Crippen LogP contribution < -0.4 is 10.6 Å². The molecule has 1 aromatic heterocycles. The topological polar surface area (TPSA) is 68.3 Å². The van der Waals surface area contributed by atoms with Crippen LogP contribution in [0.3, 0.4) is 0 Å². The average Bonchev–Trinajstić information content (AvgIpc) is 2.89. The van der Waals surface area contributed by atoms with Gasteiger partial charge in [0.1, 0.15) is 23.6 Å². The number of hydrogen-bond donors (Lipinski definition) is 2. The van der Waals surface area contributed by atoms with E-state index < -0.39 is 0 Å². The number of nitrogens with one attached hydrogen (secondary N) is 2. The molecular weight excluding hydrogens is 244 g/mol. The van der Waals surface area contributed by atoms with E-state index in [0.29, 0.717) is 13.2 Å². The molecule has 0 aliphatic carbocycles. The molecule has 0 bridgehead atoms. The lowest BCUT2D eigenvalue weighted by Crippen LogP contribution is -2.39. The fourth-order valence-electron chi connectivity index (χ4n) is 2.18. The maximum Gasteiger partial charge on any atom is 0.134 e. The fraction of sp³-hybridized carbons (Fsp3) is 0.692. The molecule has 0 aromatic carbocycles. The highest BCUT2D eigenvalue weighted by Gasteiger charge is 2.34. The Hall–Kier alpha value is -1.40. The van der Waals surface area contributed by atoms with Gasteiger partial charge in [0, 0.05) is 38.8 Å². The zero-order chi connectivity index (χ0) is 13.7. The van der Waals surface area contributed by atoms with Gasteiger partial charge in [-0.15, -0.1) is 0 Å². The fourth-order valence-corrected chi connectivity index (χ4v) is 2.18. The van der Waals surface area contributed by atoms with E-state index in [-0.39, 0.29) is 5.60 Å². The van der Waals surface area contributed by atoms with Crippen LogP contribution in [-0.4, -0.2) is 49.0 Å². The molecule has 0 saturated carbocycles. The third-order valence-corrected chi connectivity index (χ3v) is 3.51. The quantitative estimate of drug-likeness (QED) is 0.812. The number of methoxy groups -OCH3 is 1. The molecule has 1 aromatic rings. The number of rotatable bonds is 6. The molecule has 0 spiro atoms. The van der Waals surface area contributed by atoms with E-state index in [1.165, 1.54) is 0 Å². The summed E-state index contributed by atoms with van der Waals surface area (Å²) in [6.07, 6.45) is 2.47. The SMILES string of the molecule is CCNc1ncnc(NCC2(OC)CCOC2)c1C. The molecule has 0 amide bonds. The monoisotopic (exact) mass is 266 g/mol. The second-order valence-electron chi connectivity index (χ2n) is 4.77. The van der Waals surface area contributed by atoms with Crippen molar-refractivity contribution >= 4 is 11.6 Å². The van der Waals surface area contributed by atoms with E-state index in [1.807, 2.05) is 13.8 Å². The summed E-state index contributed by atoms with van der Waals surface area (Å²) in [4.78, 5) is 8.52. The molecule has 1 saturated heterocycles. The van der Waals surface area contributed by atoms with Gasteiger partial charge in [-0.1, -0.05) is 0 Å². The lowest BCUT2D eigenvalue weighted by molar-refractivity contribution is -0.00626.